The number of methoxy groups -OCH3 is 2. The van der Waals surface area contributed by atoms with E-state index in [4.69, 9.17) is 9.47 Å². The minimum atomic E-state index is -0.256. The number of aryl methyl sites for hydroxylation is 1. The number of pyridine rings is 1. The highest BCUT2D eigenvalue weighted by Gasteiger charge is 2.14. The predicted octanol–water partition coefficient (Wildman–Crippen LogP) is 3.78. The van der Waals surface area contributed by atoms with Crippen molar-refractivity contribution in [1.29, 1.82) is 0 Å². The molecule has 2 heterocycles. The molecule has 3 aromatic rings. The zero-order valence-corrected chi connectivity index (χ0v) is 14.9. The van der Waals surface area contributed by atoms with Crippen molar-refractivity contribution in [3.63, 3.8) is 0 Å². The van der Waals surface area contributed by atoms with E-state index in [2.05, 4.69) is 15.3 Å². The number of aromatic nitrogens is 2. The lowest BCUT2D eigenvalue weighted by molar-refractivity contribution is 0.102. The Morgan fingerprint density at radius 3 is 2.64 bits per heavy atom. The molecule has 0 atom stereocenters. The summed E-state index contributed by atoms with van der Waals surface area (Å²) in [6, 6.07) is 9.08. The molecule has 0 bridgehead atoms. The number of thiazole rings is 1. The van der Waals surface area contributed by atoms with Gasteiger partial charge in [0, 0.05) is 28.5 Å². The number of hydrogen-bond acceptors (Lipinski definition) is 6. The van der Waals surface area contributed by atoms with Crippen LogP contribution in [0.3, 0.4) is 0 Å². The van der Waals surface area contributed by atoms with Gasteiger partial charge in [-0.05, 0) is 37.3 Å². The van der Waals surface area contributed by atoms with Gasteiger partial charge in [-0.25, -0.2) is 4.98 Å². The van der Waals surface area contributed by atoms with E-state index in [0.29, 0.717) is 22.9 Å². The molecule has 0 saturated carbocycles. The van der Waals surface area contributed by atoms with Crippen LogP contribution in [0.5, 0.6) is 11.5 Å². The van der Waals surface area contributed by atoms with E-state index in [9.17, 15) is 4.79 Å². The summed E-state index contributed by atoms with van der Waals surface area (Å²) in [5.74, 6) is 1.01. The second kappa shape index (κ2) is 7.31. The van der Waals surface area contributed by atoms with Crippen LogP contribution in [0, 0.1) is 6.92 Å². The molecule has 1 amide bonds. The second-order valence-electron chi connectivity index (χ2n) is 5.25. The van der Waals surface area contributed by atoms with Crippen molar-refractivity contribution in [1.82, 2.24) is 9.97 Å². The number of carbonyl (C=O) groups is 1. The average molecular weight is 355 g/mol. The quantitative estimate of drug-likeness (QED) is 0.754. The van der Waals surface area contributed by atoms with Gasteiger partial charge < -0.3 is 14.8 Å². The van der Waals surface area contributed by atoms with E-state index >= 15 is 0 Å². The summed E-state index contributed by atoms with van der Waals surface area (Å²) in [4.78, 5) is 20.9. The molecular weight excluding hydrogens is 338 g/mol. The van der Waals surface area contributed by atoms with Crippen LogP contribution in [0.25, 0.3) is 10.6 Å². The van der Waals surface area contributed by atoms with Crippen molar-refractivity contribution in [2.24, 2.45) is 0 Å². The lowest BCUT2D eigenvalue weighted by Crippen LogP contribution is -2.12. The van der Waals surface area contributed by atoms with Gasteiger partial charge in [0.2, 0.25) is 0 Å². The van der Waals surface area contributed by atoms with Gasteiger partial charge in [0.15, 0.2) is 11.5 Å². The fourth-order valence-electron chi connectivity index (χ4n) is 2.30. The molecule has 0 radical (unpaired) electrons. The average Bonchev–Trinajstić information content (AvgIpc) is 3.11. The van der Waals surface area contributed by atoms with Crippen LogP contribution in [0.15, 0.2) is 41.9 Å². The Hall–Kier alpha value is -2.93. The zero-order chi connectivity index (χ0) is 17.8. The van der Waals surface area contributed by atoms with Gasteiger partial charge >= 0.3 is 0 Å². The van der Waals surface area contributed by atoms with Gasteiger partial charge in [0.25, 0.3) is 5.91 Å². The molecule has 1 N–H and O–H groups in total. The molecule has 25 heavy (non-hydrogen) atoms. The number of anilines is 1. The normalized spacial score (nSPS) is 10.4. The fraction of sp³-hybridized carbons (Fsp3) is 0.167. The van der Waals surface area contributed by atoms with Crippen molar-refractivity contribution in [2.45, 2.75) is 6.92 Å². The number of hydrogen-bond donors (Lipinski definition) is 1. The third kappa shape index (κ3) is 3.77. The van der Waals surface area contributed by atoms with Gasteiger partial charge in [-0.1, -0.05) is 0 Å². The summed E-state index contributed by atoms with van der Waals surface area (Å²) < 4.78 is 10.5. The summed E-state index contributed by atoms with van der Waals surface area (Å²) in [6.45, 7) is 1.87. The number of rotatable bonds is 5. The van der Waals surface area contributed by atoms with Gasteiger partial charge in [-0.3, -0.25) is 9.78 Å². The number of nitrogens with one attached hydrogen (secondary N) is 1. The summed E-state index contributed by atoms with van der Waals surface area (Å²) in [5.41, 5.74) is 2.76. The maximum absolute atomic E-state index is 12.4. The lowest BCUT2D eigenvalue weighted by atomic mass is 10.2. The first kappa shape index (κ1) is 16.9. The maximum atomic E-state index is 12.4. The Morgan fingerprint density at radius 1 is 1.12 bits per heavy atom. The van der Waals surface area contributed by atoms with Crippen molar-refractivity contribution in [2.75, 3.05) is 19.5 Å². The molecule has 0 aliphatic carbocycles. The largest absolute Gasteiger partial charge is 0.493 e. The fourth-order valence-corrected chi connectivity index (χ4v) is 3.10. The molecule has 0 spiro atoms. The van der Waals surface area contributed by atoms with E-state index in [1.54, 1.807) is 37.9 Å². The highest BCUT2D eigenvalue weighted by atomic mass is 32.1. The molecule has 1 aromatic carbocycles. The van der Waals surface area contributed by atoms with Crippen molar-refractivity contribution in [3.8, 4) is 22.1 Å². The van der Waals surface area contributed by atoms with Crippen molar-refractivity contribution in [3.05, 3.63) is 53.3 Å². The maximum Gasteiger partial charge on any atom is 0.275 e. The number of nitrogens with zero attached hydrogens (tertiary/aromatic N) is 2. The first-order chi connectivity index (χ1) is 12.1. The second-order valence-corrected chi connectivity index (χ2v) is 6.11. The van der Waals surface area contributed by atoms with E-state index < -0.39 is 0 Å². The Kier molecular flexibility index (Phi) is 4.95. The van der Waals surface area contributed by atoms with Crippen LogP contribution < -0.4 is 14.8 Å². The zero-order valence-electron chi connectivity index (χ0n) is 14.1. The van der Waals surface area contributed by atoms with Gasteiger partial charge in [0.05, 0.1) is 14.2 Å². The SMILES string of the molecule is COc1ccc(-c2nc(C(=O)Nc3ccnc(C)c3)cs2)cc1OC. The van der Waals surface area contributed by atoms with Gasteiger partial charge in [0.1, 0.15) is 10.7 Å². The molecule has 0 aliphatic heterocycles. The van der Waals surface area contributed by atoms with E-state index in [-0.39, 0.29) is 5.91 Å². The van der Waals surface area contributed by atoms with Crippen LogP contribution in [0.4, 0.5) is 5.69 Å². The number of carbonyl (C=O) groups excluding carboxylic acids is 1. The molecular formula is C18H17N3O3S. The van der Waals surface area contributed by atoms with Crippen LogP contribution in [0.2, 0.25) is 0 Å². The standard InChI is InChI=1S/C18H17N3O3S/c1-11-8-13(6-7-19-11)20-17(22)14-10-25-18(21-14)12-4-5-15(23-2)16(9-12)24-3/h4-10H,1-3H3,(H,19,20,22). The number of ether oxygens (including phenoxy) is 2. The molecule has 2 aromatic heterocycles. The molecule has 0 aliphatic rings. The van der Waals surface area contributed by atoms with Gasteiger partial charge in [-0.15, -0.1) is 11.3 Å². The first-order valence-corrected chi connectivity index (χ1v) is 8.40. The summed E-state index contributed by atoms with van der Waals surface area (Å²) in [7, 11) is 3.17. The minimum Gasteiger partial charge on any atom is -0.493 e. The Morgan fingerprint density at radius 2 is 1.92 bits per heavy atom. The van der Waals surface area contributed by atoms with Crippen molar-refractivity contribution < 1.29 is 14.3 Å². The summed E-state index contributed by atoms with van der Waals surface area (Å²) in [5, 5.41) is 5.29. The molecule has 128 valence electrons. The Bertz CT molecular complexity index is 908. The van der Waals surface area contributed by atoms with Crippen LogP contribution in [-0.2, 0) is 0 Å². The van der Waals surface area contributed by atoms with E-state index in [1.807, 2.05) is 25.1 Å². The Balaban J connectivity index is 1.81. The van der Waals surface area contributed by atoms with Crippen LogP contribution in [-0.4, -0.2) is 30.1 Å². The molecule has 0 fully saturated rings. The molecule has 0 saturated heterocycles. The lowest BCUT2D eigenvalue weighted by Gasteiger charge is -2.08. The third-order valence-corrected chi connectivity index (χ3v) is 4.41. The third-order valence-electron chi connectivity index (χ3n) is 3.52. The smallest absolute Gasteiger partial charge is 0.275 e. The predicted molar refractivity (Wildman–Crippen MR) is 97.6 cm³/mol. The highest BCUT2D eigenvalue weighted by molar-refractivity contribution is 7.13. The van der Waals surface area contributed by atoms with Gasteiger partial charge in [-0.2, -0.15) is 0 Å². The topological polar surface area (TPSA) is 73.3 Å². The minimum absolute atomic E-state index is 0.256. The molecule has 6 nitrogen and oxygen atoms in total. The summed E-state index contributed by atoms with van der Waals surface area (Å²) >= 11 is 1.40. The van der Waals surface area contributed by atoms with E-state index in [0.717, 1.165) is 16.3 Å². The van der Waals surface area contributed by atoms with Crippen LogP contribution >= 0.6 is 11.3 Å². The molecule has 7 heteroatoms. The number of amides is 1. The summed E-state index contributed by atoms with van der Waals surface area (Å²) in [6.07, 6.45) is 1.65. The van der Waals surface area contributed by atoms with E-state index in [1.165, 1.54) is 11.3 Å². The highest BCUT2D eigenvalue weighted by Crippen LogP contribution is 2.33. The van der Waals surface area contributed by atoms with Crippen LogP contribution in [0.1, 0.15) is 16.2 Å². The molecule has 3 rings (SSSR count). The van der Waals surface area contributed by atoms with Crippen molar-refractivity contribution >= 4 is 22.9 Å². The first-order valence-electron chi connectivity index (χ1n) is 7.52. The number of benzene rings is 1. The Labute approximate surface area is 149 Å². The molecule has 0 unspecified atom stereocenters. The monoisotopic (exact) mass is 355 g/mol.